The maximum Gasteiger partial charge on any atom is 0.217 e. The van der Waals surface area contributed by atoms with E-state index in [9.17, 15) is 9.18 Å². The number of nitrogens with two attached hydrogens (primary N) is 1. The Hall–Kier alpha value is -0.640. The average Bonchev–Trinajstić information content (AvgIpc) is 1.93. The van der Waals surface area contributed by atoms with Gasteiger partial charge in [-0.1, -0.05) is 0 Å². The van der Waals surface area contributed by atoms with Crippen LogP contribution in [0.25, 0.3) is 0 Å². The molecule has 0 radical (unpaired) electrons. The van der Waals surface area contributed by atoms with Crippen molar-refractivity contribution in [3.63, 3.8) is 0 Å². The fourth-order valence-electron chi connectivity index (χ4n) is 1.36. The van der Waals surface area contributed by atoms with Crippen molar-refractivity contribution in [2.24, 2.45) is 11.7 Å². The predicted octanol–water partition coefficient (Wildman–Crippen LogP) is -0.191. The number of hydrogen-bond donors (Lipinski definition) is 2. The molecule has 4 heteroatoms. The summed E-state index contributed by atoms with van der Waals surface area (Å²) in [5.41, 5.74) is 4.96. The van der Waals surface area contributed by atoms with Crippen molar-refractivity contribution < 1.29 is 9.18 Å². The number of hydrogen-bond acceptors (Lipinski definition) is 2. The molecule has 1 amide bonds. The van der Waals surface area contributed by atoms with E-state index < -0.39 is 12.1 Å². The monoisotopic (exact) mass is 160 g/mol. The lowest BCUT2D eigenvalue weighted by atomic mass is 9.93. The molecule has 3 nitrogen and oxygen atoms in total. The highest BCUT2D eigenvalue weighted by molar-refractivity contribution is 5.74. The highest BCUT2D eigenvalue weighted by atomic mass is 19.1. The maximum atomic E-state index is 12.9. The first-order chi connectivity index (χ1) is 5.20. The summed E-state index contributed by atoms with van der Waals surface area (Å²) in [5.74, 6) is -0.562. The number of halogens is 1. The molecule has 1 rings (SSSR count). The smallest absolute Gasteiger partial charge is 0.217 e. The van der Waals surface area contributed by atoms with Crippen molar-refractivity contribution in [3.8, 4) is 0 Å². The molecule has 0 aromatic heterocycles. The molecule has 0 spiro atoms. The van der Waals surface area contributed by atoms with E-state index in [1.807, 2.05) is 0 Å². The Kier molecular flexibility index (Phi) is 2.82. The van der Waals surface area contributed by atoms with Crippen LogP contribution in [-0.4, -0.2) is 25.2 Å². The second kappa shape index (κ2) is 3.67. The van der Waals surface area contributed by atoms with Gasteiger partial charge in [-0.2, -0.15) is 0 Å². The van der Waals surface area contributed by atoms with Crippen LogP contribution in [0, 0.1) is 5.92 Å². The number of piperidine rings is 1. The van der Waals surface area contributed by atoms with Gasteiger partial charge in [0.15, 0.2) is 0 Å². The van der Waals surface area contributed by atoms with E-state index in [4.69, 9.17) is 5.73 Å². The zero-order valence-corrected chi connectivity index (χ0v) is 6.35. The molecule has 11 heavy (non-hydrogen) atoms. The first-order valence-electron chi connectivity index (χ1n) is 3.83. The topological polar surface area (TPSA) is 55.1 Å². The molecule has 1 fully saturated rings. The minimum Gasteiger partial charge on any atom is -0.370 e. The number of rotatable bonds is 2. The van der Waals surface area contributed by atoms with Crippen molar-refractivity contribution in [3.05, 3.63) is 0 Å². The molecule has 0 saturated carbocycles. The van der Waals surface area contributed by atoms with Gasteiger partial charge in [-0.05, 0) is 13.0 Å². The van der Waals surface area contributed by atoms with E-state index in [-0.39, 0.29) is 12.3 Å². The molecule has 1 aliphatic rings. The number of primary amides is 1. The highest BCUT2D eigenvalue weighted by Crippen LogP contribution is 2.18. The van der Waals surface area contributed by atoms with Crippen molar-refractivity contribution in [1.82, 2.24) is 5.32 Å². The summed E-state index contributed by atoms with van der Waals surface area (Å²) in [6, 6.07) is 0. The molecule has 1 aliphatic heterocycles. The summed E-state index contributed by atoms with van der Waals surface area (Å²) in [7, 11) is 0. The lowest BCUT2D eigenvalue weighted by molar-refractivity contribution is -0.119. The van der Waals surface area contributed by atoms with Crippen molar-refractivity contribution >= 4 is 5.91 Å². The third-order valence-corrected chi connectivity index (χ3v) is 2.01. The summed E-state index contributed by atoms with van der Waals surface area (Å²) in [6.45, 7) is 1.15. The molecule has 0 aromatic carbocycles. The molecule has 64 valence electrons. The summed E-state index contributed by atoms with van der Waals surface area (Å²) in [6.07, 6.45) is -0.0105. The fraction of sp³-hybridized carbons (Fsp3) is 0.857. The predicted molar refractivity (Wildman–Crippen MR) is 39.7 cm³/mol. The van der Waals surface area contributed by atoms with Crippen LogP contribution < -0.4 is 11.1 Å². The quantitative estimate of drug-likeness (QED) is 0.588. The molecule has 2 atom stereocenters. The molecule has 0 bridgehead atoms. The standard InChI is InChI=1S/C7H13FN2O/c8-6-4-10-2-1-5(6)3-7(9)11/h5-6,10H,1-4H2,(H2,9,11). The third-order valence-electron chi connectivity index (χ3n) is 2.01. The lowest BCUT2D eigenvalue weighted by Gasteiger charge is -2.25. The largest absolute Gasteiger partial charge is 0.370 e. The third kappa shape index (κ3) is 2.46. The summed E-state index contributed by atoms with van der Waals surface area (Å²) >= 11 is 0. The van der Waals surface area contributed by atoms with E-state index in [0.29, 0.717) is 13.0 Å². The molecule has 2 unspecified atom stereocenters. The Morgan fingerprint density at radius 2 is 2.45 bits per heavy atom. The van der Waals surface area contributed by atoms with Crippen LogP contribution in [0.1, 0.15) is 12.8 Å². The zero-order valence-electron chi connectivity index (χ0n) is 6.35. The number of carbonyl (C=O) groups is 1. The van der Waals surface area contributed by atoms with Gasteiger partial charge in [-0.3, -0.25) is 4.79 Å². The van der Waals surface area contributed by atoms with Crippen LogP contribution in [0.2, 0.25) is 0 Å². The summed E-state index contributed by atoms with van der Waals surface area (Å²) in [5, 5.41) is 2.91. The molecule has 1 saturated heterocycles. The number of amides is 1. The van der Waals surface area contributed by atoms with Gasteiger partial charge < -0.3 is 11.1 Å². The van der Waals surface area contributed by atoms with Crippen molar-refractivity contribution in [2.45, 2.75) is 19.0 Å². The lowest BCUT2D eigenvalue weighted by Crippen LogP contribution is -2.39. The Morgan fingerprint density at radius 3 is 3.00 bits per heavy atom. The minimum absolute atomic E-state index is 0.159. The molecule has 0 aliphatic carbocycles. The van der Waals surface area contributed by atoms with E-state index in [1.165, 1.54) is 0 Å². The van der Waals surface area contributed by atoms with Gasteiger partial charge in [-0.15, -0.1) is 0 Å². The Morgan fingerprint density at radius 1 is 1.73 bits per heavy atom. The molecule has 3 N–H and O–H groups in total. The van der Waals surface area contributed by atoms with Gasteiger partial charge in [0.2, 0.25) is 5.91 Å². The summed E-state index contributed by atoms with van der Waals surface area (Å²) < 4.78 is 12.9. The summed E-state index contributed by atoms with van der Waals surface area (Å²) in [4.78, 5) is 10.4. The highest BCUT2D eigenvalue weighted by Gasteiger charge is 2.25. The van der Waals surface area contributed by atoms with Crippen LogP contribution in [0.15, 0.2) is 0 Å². The van der Waals surface area contributed by atoms with Crippen LogP contribution >= 0.6 is 0 Å². The Labute approximate surface area is 65.1 Å². The van der Waals surface area contributed by atoms with Crippen LogP contribution in [0.4, 0.5) is 4.39 Å². The fourth-order valence-corrected chi connectivity index (χ4v) is 1.36. The molecular weight excluding hydrogens is 147 g/mol. The van der Waals surface area contributed by atoms with Gasteiger partial charge in [0, 0.05) is 18.9 Å². The van der Waals surface area contributed by atoms with Gasteiger partial charge in [0.25, 0.3) is 0 Å². The number of alkyl halides is 1. The average molecular weight is 160 g/mol. The van der Waals surface area contributed by atoms with Crippen LogP contribution in [-0.2, 0) is 4.79 Å². The van der Waals surface area contributed by atoms with E-state index in [1.54, 1.807) is 0 Å². The van der Waals surface area contributed by atoms with E-state index in [0.717, 1.165) is 6.54 Å². The SMILES string of the molecule is NC(=O)CC1CCNCC1F. The van der Waals surface area contributed by atoms with Gasteiger partial charge in [0.1, 0.15) is 6.17 Å². The minimum atomic E-state index is -0.906. The second-order valence-electron chi connectivity index (χ2n) is 2.94. The zero-order chi connectivity index (χ0) is 8.27. The number of carbonyl (C=O) groups excluding carboxylic acids is 1. The maximum absolute atomic E-state index is 12.9. The normalized spacial score (nSPS) is 31.7. The van der Waals surface area contributed by atoms with Gasteiger partial charge in [-0.25, -0.2) is 4.39 Å². The molecular formula is C7H13FN2O. The number of nitrogens with one attached hydrogen (secondary N) is 1. The molecule has 1 heterocycles. The Bertz CT molecular complexity index is 151. The van der Waals surface area contributed by atoms with Crippen molar-refractivity contribution in [2.75, 3.05) is 13.1 Å². The Balaban J connectivity index is 2.35. The second-order valence-corrected chi connectivity index (χ2v) is 2.94. The molecule has 0 aromatic rings. The van der Waals surface area contributed by atoms with Gasteiger partial charge >= 0.3 is 0 Å². The van der Waals surface area contributed by atoms with Crippen LogP contribution in [0.3, 0.4) is 0 Å². The van der Waals surface area contributed by atoms with Crippen LogP contribution in [0.5, 0.6) is 0 Å². The van der Waals surface area contributed by atoms with Crippen molar-refractivity contribution in [1.29, 1.82) is 0 Å². The van der Waals surface area contributed by atoms with E-state index in [2.05, 4.69) is 5.32 Å². The van der Waals surface area contributed by atoms with E-state index >= 15 is 0 Å². The first-order valence-corrected chi connectivity index (χ1v) is 3.83. The first kappa shape index (κ1) is 8.46. The van der Waals surface area contributed by atoms with Gasteiger partial charge in [0.05, 0.1) is 0 Å².